The molecule has 1 saturated heterocycles. The summed E-state index contributed by atoms with van der Waals surface area (Å²) in [5, 5.41) is 4.24. The van der Waals surface area contributed by atoms with Gasteiger partial charge in [-0.05, 0) is 36.4 Å². The maximum absolute atomic E-state index is 12.6. The molecule has 2 nitrogen and oxygen atoms in total. The molecule has 3 heteroatoms. The lowest BCUT2D eigenvalue weighted by Crippen LogP contribution is -2.38. The summed E-state index contributed by atoms with van der Waals surface area (Å²) in [5.41, 5.74) is 2.82. The maximum Gasteiger partial charge on any atom is 0.0551 e. The third-order valence-corrected chi connectivity index (χ3v) is 6.52. The smallest absolute Gasteiger partial charge is 0.0551 e. The molecule has 1 N–H and O–H groups in total. The fourth-order valence-corrected chi connectivity index (χ4v) is 5.32. The lowest BCUT2D eigenvalue weighted by molar-refractivity contribution is 0.447. The van der Waals surface area contributed by atoms with E-state index in [4.69, 9.17) is 0 Å². The van der Waals surface area contributed by atoms with Crippen LogP contribution in [0.4, 0.5) is 0 Å². The van der Waals surface area contributed by atoms with Gasteiger partial charge in [-0.15, -0.1) is 0 Å². The SMILES string of the molecule is CC1CC2C(NCCC(C)S2=O)c2ccccc21. The van der Waals surface area contributed by atoms with Gasteiger partial charge < -0.3 is 5.32 Å². The molecule has 1 aliphatic carbocycles. The molecule has 0 bridgehead atoms. The Morgan fingerprint density at radius 3 is 2.72 bits per heavy atom. The standard InChI is InChI=1S/C15H21NOS/c1-10-9-14-15(13-6-4-3-5-12(10)13)16-8-7-11(2)18(14)17/h3-6,10-11,14-16H,7-9H2,1-2H3. The Kier molecular flexibility index (Phi) is 3.29. The quantitative estimate of drug-likeness (QED) is 0.780. The monoisotopic (exact) mass is 263 g/mol. The summed E-state index contributed by atoms with van der Waals surface area (Å²) in [6, 6.07) is 8.96. The molecular formula is C15H21NOS. The first-order valence-corrected chi connectivity index (χ1v) is 8.17. The van der Waals surface area contributed by atoms with Crippen molar-refractivity contribution in [2.24, 2.45) is 0 Å². The third-order valence-electron chi connectivity index (χ3n) is 4.43. The molecule has 0 spiro atoms. The summed E-state index contributed by atoms with van der Waals surface area (Å²) in [5.74, 6) is 0.526. The van der Waals surface area contributed by atoms with Crippen molar-refractivity contribution in [1.82, 2.24) is 5.32 Å². The van der Waals surface area contributed by atoms with Gasteiger partial charge in [0, 0.05) is 22.1 Å². The zero-order valence-corrected chi connectivity index (χ0v) is 11.9. The van der Waals surface area contributed by atoms with Crippen LogP contribution in [-0.4, -0.2) is 21.3 Å². The number of fused-ring (bicyclic) bond motifs is 3. The molecule has 1 aromatic rings. The van der Waals surface area contributed by atoms with Crippen molar-refractivity contribution < 1.29 is 4.21 Å². The number of benzene rings is 1. The first kappa shape index (κ1) is 12.4. The normalized spacial score (nSPS) is 39.6. The van der Waals surface area contributed by atoms with Crippen LogP contribution in [0.2, 0.25) is 0 Å². The van der Waals surface area contributed by atoms with Crippen molar-refractivity contribution in [2.45, 2.75) is 49.1 Å². The number of hydrogen-bond acceptors (Lipinski definition) is 2. The molecule has 1 fully saturated rings. The van der Waals surface area contributed by atoms with Crippen LogP contribution in [0, 0.1) is 0 Å². The Morgan fingerprint density at radius 1 is 1.22 bits per heavy atom. The highest BCUT2D eigenvalue weighted by atomic mass is 32.2. The van der Waals surface area contributed by atoms with Crippen LogP contribution < -0.4 is 5.32 Å². The molecule has 98 valence electrons. The van der Waals surface area contributed by atoms with Gasteiger partial charge in [-0.2, -0.15) is 0 Å². The first-order valence-electron chi connectivity index (χ1n) is 6.90. The second kappa shape index (κ2) is 4.78. The zero-order chi connectivity index (χ0) is 12.7. The van der Waals surface area contributed by atoms with Crippen molar-refractivity contribution in [2.75, 3.05) is 6.54 Å². The molecule has 0 amide bonds. The first-order chi connectivity index (χ1) is 8.68. The second-order valence-electron chi connectivity index (χ2n) is 5.66. The van der Waals surface area contributed by atoms with E-state index < -0.39 is 10.8 Å². The highest BCUT2D eigenvalue weighted by Gasteiger charge is 2.39. The zero-order valence-electron chi connectivity index (χ0n) is 11.1. The average molecular weight is 263 g/mol. The lowest BCUT2D eigenvalue weighted by Gasteiger charge is -2.36. The van der Waals surface area contributed by atoms with Crippen LogP contribution in [0.15, 0.2) is 24.3 Å². The molecule has 5 unspecified atom stereocenters. The molecular weight excluding hydrogens is 242 g/mol. The molecule has 1 aromatic carbocycles. The fourth-order valence-electron chi connectivity index (χ4n) is 3.38. The molecule has 1 aliphatic heterocycles. The summed E-state index contributed by atoms with van der Waals surface area (Å²) in [4.78, 5) is 0. The Hall–Kier alpha value is -0.670. The largest absolute Gasteiger partial charge is 0.309 e. The minimum absolute atomic E-state index is 0.285. The second-order valence-corrected chi connectivity index (χ2v) is 7.73. The van der Waals surface area contributed by atoms with Crippen molar-refractivity contribution in [1.29, 1.82) is 0 Å². The van der Waals surface area contributed by atoms with E-state index >= 15 is 0 Å². The van der Waals surface area contributed by atoms with Gasteiger partial charge in [0.2, 0.25) is 0 Å². The predicted molar refractivity (Wildman–Crippen MR) is 76.2 cm³/mol. The molecule has 1 heterocycles. The Labute approximate surface area is 112 Å². The summed E-state index contributed by atoms with van der Waals surface area (Å²) in [7, 11) is -0.709. The Balaban J connectivity index is 2.04. The van der Waals surface area contributed by atoms with E-state index in [9.17, 15) is 4.21 Å². The molecule has 0 aromatic heterocycles. The van der Waals surface area contributed by atoms with E-state index in [0.717, 1.165) is 19.4 Å². The molecule has 3 rings (SSSR count). The molecule has 5 atom stereocenters. The topological polar surface area (TPSA) is 29.1 Å². The van der Waals surface area contributed by atoms with Gasteiger partial charge in [0.1, 0.15) is 0 Å². The van der Waals surface area contributed by atoms with E-state index in [1.807, 2.05) is 0 Å². The van der Waals surface area contributed by atoms with Gasteiger partial charge in [-0.3, -0.25) is 4.21 Å². The summed E-state index contributed by atoms with van der Waals surface area (Å²) >= 11 is 0. The van der Waals surface area contributed by atoms with E-state index in [1.54, 1.807) is 0 Å². The highest BCUT2D eigenvalue weighted by Crippen LogP contribution is 2.41. The van der Waals surface area contributed by atoms with Gasteiger partial charge >= 0.3 is 0 Å². The van der Waals surface area contributed by atoms with E-state index in [1.165, 1.54) is 11.1 Å². The average Bonchev–Trinajstić information content (AvgIpc) is 2.52. The molecule has 18 heavy (non-hydrogen) atoms. The summed E-state index contributed by atoms with van der Waals surface area (Å²) in [6.45, 7) is 5.38. The maximum atomic E-state index is 12.6. The van der Waals surface area contributed by atoms with Crippen molar-refractivity contribution in [3.05, 3.63) is 35.4 Å². The van der Waals surface area contributed by atoms with Crippen LogP contribution in [0.1, 0.15) is 49.8 Å². The van der Waals surface area contributed by atoms with Crippen LogP contribution in [0.5, 0.6) is 0 Å². The van der Waals surface area contributed by atoms with Crippen LogP contribution >= 0.6 is 0 Å². The van der Waals surface area contributed by atoms with Crippen LogP contribution in [0.25, 0.3) is 0 Å². The minimum atomic E-state index is -0.709. The highest BCUT2D eigenvalue weighted by molar-refractivity contribution is 7.86. The Bertz CT molecular complexity index is 473. The predicted octanol–water partition coefficient (Wildman–Crippen LogP) is 2.73. The molecule has 2 aliphatic rings. The summed E-state index contributed by atoms with van der Waals surface area (Å²) in [6.07, 6.45) is 2.07. The van der Waals surface area contributed by atoms with E-state index in [2.05, 4.69) is 43.4 Å². The molecule has 0 saturated carbocycles. The van der Waals surface area contributed by atoms with Gasteiger partial charge in [-0.1, -0.05) is 38.1 Å². The van der Waals surface area contributed by atoms with E-state index in [-0.39, 0.29) is 5.25 Å². The number of rotatable bonds is 0. The van der Waals surface area contributed by atoms with Gasteiger partial charge in [0.25, 0.3) is 0 Å². The Morgan fingerprint density at radius 2 is 1.94 bits per heavy atom. The van der Waals surface area contributed by atoms with Crippen molar-refractivity contribution in [3.8, 4) is 0 Å². The van der Waals surface area contributed by atoms with Gasteiger partial charge in [0.05, 0.1) is 5.25 Å². The lowest BCUT2D eigenvalue weighted by atomic mass is 9.80. The third kappa shape index (κ3) is 1.94. The number of hydrogen-bond donors (Lipinski definition) is 1. The fraction of sp³-hybridized carbons (Fsp3) is 0.600. The van der Waals surface area contributed by atoms with Gasteiger partial charge in [0.15, 0.2) is 0 Å². The summed E-state index contributed by atoms with van der Waals surface area (Å²) < 4.78 is 12.6. The number of nitrogens with one attached hydrogen (secondary N) is 1. The van der Waals surface area contributed by atoms with Crippen LogP contribution in [0.3, 0.4) is 0 Å². The minimum Gasteiger partial charge on any atom is -0.309 e. The van der Waals surface area contributed by atoms with Crippen molar-refractivity contribution >= 4 is 10.8 Å². The van der Waals surface area contributed by atoms with Gasteiger partial charge in [-0.25, -0.2) is 0 Å². The molecule has 0 radical (unpaired) electrons. The van der Waals surface area contributed by atoms with Crippen molar-refractivity contribution in [3.63, 3.8) is 0 Å². The van der Waals surface area contributed by atoms with Crippen LogP contribution in [-0.2, 0) is 10.8 Å². The van der Waals surface area contributed by atoms with E-state index in [0.29, 0.717) is 17.2 Å².